The second kappa shape index (κ2) is 4.11. The molecular weight excluding hydrogens is 142 g/mol. The Hall–Kier alpha value is 0.137. The maximum Gasteiger partial charge on any atom is 0.182 e. The van der Waals surface area contributed by atoms with Crippen molar-refractivity contribution < 1.29 is 4.80 Å². The Morgan fingerprint density at radius 3 is 2.10 bits per heavy atom. The molecular formula is C7H19NOSi. The molecule has 0 fully saturated rings. The number of hydrogen-bond donors (Lipinski definition) is 1. The summed E-state index contributed by atoms with van der Waals surface area (Å²) in [5.41, 5.74) is 0. The van der Waals surface area contributed by atoms with Gasteiger partial charge in [0, 0.05) is 0 Å². The van der Waals surface area contributed by atoms with Gasteiger partial charge < -0.3 is 9.70 Å². The molecule has 0 aromatic rings. The highest BCUT2D eigenvalue weighted by atomic mass is 28.4. The van der Waals surface area contributed by atoms with Crippen LogP contribution in [0, 0.1) is 0 Å². The Kier molecular flexibility index (Phi) is 4.16. The summed E-state index contributed by atoms with van der Waals surface area (Å²) in [5, 5.41) is 0. The molecule has 0 bridgehead atoms. The highest BCUT2D eigenvalue weighted by molar-refractivity contribution is 6.69. The van der Waals surface area contributed by atoms with E-state index in [-0.39, 0.29) is 0 Å². The van der Waals surface area contributed by atoms with Crippen molar-refractivity contribution in [2.24, 2.45) is 0 Å². The average Bonchev–Trinajstić information content (AvgIpc) is 1.59. The minimum atomic E-state index is -1.75. The zero-order valence-corrected chi connectivity index (χ0v) is 8.52. The summed E-state index contributed by atoms with van der Waals surface area (Å²) in [4.78, 5) is 11.6. The third kappa shape index (κ3) is 8.14. The molecule has 0 saturated carbocycles. The highest BCUT2D eigenvalue weighted by Gasteiger charge is 2.15. The first kappa shape index (κ1) is 10.1. The second-order valence-corrected chi connectivity index (χ2v) is 7.84. The molecule has 0 radical (unpaired) electrons. The summed E-state index contributed by atoms with van der Waals surface area (Å²) < 4.78 is 0. The molecule has 0 aliphatic rings. The summed E-state index contributed by atoms with van der Waals surface area (Å²) in [7, 11) is 2.37. The molecule has 2 nitrogen and oxygen atoms in total. The lowest BCUT2D eigenvalue weighted by Gasteiger charge is -2.15. The maximum atomic E-state index is 9.45. The van der Waals surface area contributed by atoms with E-state index < -0.39 is 8.32 Å². The molecule has 0 aliphatic carbocycles. The quantitative estimate of drug-likeness (QED) is 0.625. The van der Waals surface area contributed by atoms with E-state index in [0.717, 1.165) is 19.0 Å². The molecule has 0 amide bonds. The van der Waals surface area contributed by atoms with Crippen LogP contribution in [0.25, 0.3) is 0 Å². The van der Waals surface area contributed by atoms with E-state index in [4.69, 9.17) is 0 Å². The van der Waals surface area contributed by atoms with Gasteiger partial charge in [-0.25, -0.2) is 0 Å². The van der Waals surface area contributed by atoms with Gasteiger partial charge in [0.25, 0.3) is 0 Å². The van der Waals surface area contributed by atoms with Crippen molar-refractivity contribution in [3.63, 3.8) is 0 Å². The Morgan fingerprint density at radius 2 is 1.80 bits per heavy atom. The lowest BCUT2D eigenvalue weighted by Crippen LogP contribution is -2.26. The van der Waals surface area contributed by atoms with Crippen molar-refractivity contribution in [2.45, 2.75) is 25.6 Å². The minimum Gasteiger partial charge on any atom is -0.432 e. The van der Waals surface area contributed by atoms with E-state index in [9.17, 15) is 4.80 Å². The Bertz CT molecular complexity index is 88.1. The molecule has 0 aliphatic heterocycles. The molecule has 0 spiro atoms. The van der Waals surface area contributed by atoms with Gasteiger partial charge in [-0.2, -0.15) is 0 Å². The van der Waals surface area contributed by atoms with E-state index in [1.54, 1.807) is 0 Å². The first-order valence-electron chi connectivity index (χ1n) is 3.79. The minimum absolute atomic E-state index is 1.02. The third-order valence-corrected chi connectivity index (χ3v) is 2.97. The van der Waals surface area contributed by atoms with Crippen LogP contribution < -0.4 is 0 Å². The van der Waals surface area contributed by atoms with Crippen LogP contribution in [-0.2, 0) is 0 Å². The van der Waals surface area contributed by atoms with Crippen LogP contribution in [-0.4, -0.2) is 38.7 Å². The molecule has 3 heteroatoms. The van der Waals surface area contributed by atoms with Crippen LogP contribution in [0.5, 0.6) is 0 Å². The van der Waals surface area contributed by atoms with Crippen LogP contribution in [0.15, 0.2) is 0 Å². The fourth-order valence-corrected chi connectivity index (χ4v) is 1.85. The van der Waals surface area contributed by atoms with E-state index >= 15 is 0 Å². The molecule has 1 N–H and O–H groups in total. The normalized spacial score (nSPS) is 12.6. The maximum absolute atomic E-state index is 9.45. The van der Waals surface area contributed by atoms with Crippen LogP contribution in [0.4, 0.5) is 0 Å². The smallest absolute Gasteiger partial charge is 0.182 e. The van der Waals surface area contributed by atoms with E-state index in [1.807, 2.05) is 13.1 Å². The van der Waals surface area contributed by atoms with Crippen molar-refractivity contribution in [3.8, 4) is 0 Å². The molecule has 0 atom stereocenters. The summed E-state index contributed by atoms with van der Waals surface area (Å²) in [5.74, 6) is 0. The van der Waals surface area contributed by atoms with Gasteiger partial charge in [-0.3, -0.25) is 0 Å². The monoisotopic (exact) mass is 161 g/mol. The summed E-state index contributed by atoms with van der Waals surface area (Å²) >= 11 is 0. The summed E-state index contributed by atoms with van der Waals surface area (Å²) in [6, 6.07) is 1.02. The largest absolute Gasteiger partial charge is 0.432 e. The molecule has 0 heterocycles. The van der Waals surface area contributed by atoms with Gasteiger partial charge in [0.2, 0.25) is 0 Å². The van der Waals surface area contributed by atoms with Gasteiger partial charge in [0.15, 0.2) is 8.32 Å². The lowest BCUT2D eigenvalue weighted by molar-refractivity contribution is 0.403. The topological polar surface area (TPSA) is 23.5 Å². The number of nitrogens with zero attached hydrogens (tertiary/aromatic N) is 1. The van der Waals surface area contributed by atoms with Crippen LogP contribution in [0.1, 0.15) is 6.42 Å². The van der Waals surface area contributed by atoms with Crippen LogP contribution >= 0.6 is 0 Å². The molecule has 0 unspecified atom stereocenters. The molecule has 0 aromatic heterocycles. The fourth-order valence-electron chi connectivity index (χ4n) is 0.828. The zero-order chi connectivity index (χ0) is 8.20. The van der Waals surface area contributed by atoms with Crippen LogP contribution in [0.2, 0.25) is 19.1 Å². The van der Waals surface area contributed by atoms with Gasteiger partial charge in [-0.1, -0.05) is 0 Å². The molecule has 62 valence electrons. The number of hydrogen-bond acceptors (Lipinski definition) is 2. The molecule has 0 aromatic carbocycles. The van der Waals surface area contributed by atoms with Gasteiger partial charge in [0.05, 0.1) is 0 Å². The van der Waals surface area contributed by atoms with Gasteiger partial charge in [-0.15, -0.1) is 0 Å². The number of rotatable bonds is 4. The van der Waals surface area contributed by atoms with Crippen molar-refractivity contribution in [1.29, 1.82) is 0 Å². The average molecular weight is 161 g/mol. The van der Waals surface area contributed by atoms with Crippen molar-refractivity contribution in [2.75, 3.05) is 20.6 Å². The first-order chi connectivity index (χ1) is 4.42. The van der Waals surface area contributed by atoms with Gasteiger partial charge >= 0.3 is 0 Å². The SMILES string of the molecule is CN(C)CCC[Si](C)(C)O. The van der Waals surface area contributed by atoms with E-state index in [2.05, 4.69) is 19.0 Å². The predicted molar refractivity (Wildman–Crippen MR) is 47.7 cm³/mol. The fraction of sp³-hybridized carbons (Fsp3) is 1.00. The molecule has 10 heavy (non-hydrogen) atoms. The molecule has 0 saturated heterocycles. The van der Waals surface area contributed by atoms with Gasteiger partial charge in [0.1, 0.15) is 0 Å². The highest BCUT2D eigenvalue weighted by Crippen LogP contribution is 2.07. The second-order valence-electron chi connectivity index (χ2n) is 3.72. The van der Waals surface area contributed by atoms with E-state index in [1.165, 1.54) is 0 Å². The Balaban J connectivity index is 3.21. The van der Waals surface area contributed by atoms with Crippen molar-refractivity contribution in [1.82, 2.24) is 4.90 Å². The van der Waals surface area contributed by atoms with Crippen molar-refractivity contribution >= 4 is 8.32 Å². The lowest BCUT2D eigenvalue weighted by atomic mass is 10.5. The first-order valence-corrected chi connectivity index (χ1v) is 6.94. The Morgan fingerprint density at radius 1 is 1.30 bits per heavy atom. The third-order valence-electron chi connectivity index (χ3n) is 1.39. The Labute approximate surface area is 65.0 Å². The van der Waals surface area contributed by atoms with Crippen molar-refractivity contribution in [3.05, 3.63) is 0 Å². The van der Waals surface area contributed by atoms with Gasteiger partial charge in [-0.05, 0) is 46.2 Å². The summed E-state index contributed by atoms with van der Waals surface area (Å²) in [6.45, 7) is 5.07. The summed E-state index contributed by atoms with van der Waals surface area (Å²) in [6.07, 6.45) is 1.13. The van der Waals surface area contributed by atoms with Crippen LogP contribution in [0.3, 0.4) is 0 Å². The van der Waals surface area contributed by atoms with E-state index in [0.29, 0.717) is 0 Å². The zero-order valence-electron chi connectivity index (χ0n) is 7.52. The standard InChI is InChI=1S/C7H19NOSi/c1-8(2)6-5-7-10(3,4)9/h9H,5-7H2,1-4H3. The predicted octanol–water partition coefficient (Wildman–Crippen LogP) is 1.14. The molecule has 0 rings (SSSR count).